The Labute approximate surface area is 120 Å². The van der Waals surface area contributed by atoms with E-state index in [0.717, 1.165) is 28.7 Å². The molecule has 0 saturated heterocycles. The first-order valence-electron chi connectivity index (χ1n) is 6.89. The van der Waals surface area contributed by atoms with E-state index in [0.29, 0.717) is 24.5 Å². The molecule has 8 N–H and O–H groups in total. The van der Waals surface area contributed by atoms with Crippen LogP contribution < -0.4 is 22.9 Å². The third kappa shape index (κ3) is 2.21. The lowest BCUT2D eigenvalue weighted by atomic mass is 9.72. The number of nitrogens with two attached hydrogens (primary N) is 4. The van der Waals surface area contributed by atoms with Crippen molar-refractivity contribution in [1.29, 1.82) is 0 Å². The smallest absolute Gasteiger partial charge is 0.0583 e. The van der Waals surface area contributed by atoms with Gasteiger partial charge in [0.25, 0.3) is 0 Å². The lowest BCUT2D eigenvalue weighted by Crippen LogP contribution is -2.35. The molecule has 1 aromatic carbocycles. The molecule has 2 rings (SSSR count). The summed E-state index contributed by atoms with van der Waals surface area (Å²) in [6.45, 7) is 5.07. The minimum Gasteiger partial charge on any atom is -0.397 e. The first-order valence-corrected chi connectivity index (χ1v) is 6.89. The maximum atomic E-state index is 6.13. The van der Waals surface area contributed by atoms with E-state index < -0.39 is 0 Å². The number of benzene rings is 1. The third-order valence-electron chi connectivity index (χ3n) is 4.37. The number of aryl methyl sites for hydroxylation is 1. The molecule has 4 nitrogen and oxygen atoms in total. The average Bonchev–Trinajstić information content (AvgIpc) is 2.49. The van der Waals surface area contributed by atoms with Crippen molar-refractivity contribution in [1.82, 2.24) is 0 Å². The fourth-order valence-corrected chi connectivity index (χ4v) is 2.81. The van der Waals surface area contributed by atoms with E-state index in [2.05, 4.69) is 24.3 Å². The number of anilines is 2. The van der Waals surface area contributed by atoms with Crippen molar-refractivity contribution in [2.75, 3.05) is 24.6 Å². The van der Waals surface area contributed by atoms with Crippen LogP contribution in [-0.2, 0) is 5.41 Å². The van der Waals surface area contributed by atoms with Crippen molar-refractivity contribution in [2.45, 2.75) is 25.7 Å². The summed E-state index contributed by atoms with van der Waals surface area (Å²) in [6, 6.07) is 2.11. The van der Waals surface area contributed by atoms with Gasteiger partial charge in [-0.3, -0.25) is 0 Å². The van der Waals surface area contributed by atoms with Gasteiger partial charge in [0.05, 0.1) is 11.4 Å². The van der Waals surface area contributed by atoms with Gasteiger partial charge in [0, 0.05) is 18.5 Å². The number of hydrogen-bond acceptors (Lipinski definition) is 4. The predicted molar refractivity (Wildman–Crippen MR) is 86.4 cm³/mol. The fourth-order valence-electron chi connectivity index (χ4n) is 2.81. The Bertz CT molecular complexity index is 587. The average molecular weight is 272 g/mol. The number of rotatable bonds is 3. The van der Waals surface area contributed by atoms with Crippen LogP contribution in [0.1, 0.15) is 23.1 Å². The summed E-state index contributed by atoms with van der Waals surface area (Å²) in [5.74, 6) is 0. The van der Waals surface area contributed by atoms with Gasteiger partial charge in [0.15, 0.2) is 0 Å². The van der Waals surface area contributed by atoms with E-state index >= 15 is 0 Å². The van der Waals surface area contributed by atoms with Gasteiger partial charge in [-0.1, -0.05) is 24.3 Å². The molecule has 0 spiro atoms. The number of nitrogen functional groups attached to an aromatic ring is 2. The number of hydrogen-bond donors (Lipinski definition) is 4. The van der Waals surface area contributed by atoms with Gasteiger partial charge in [0.1, 0.15) is 0 Å². The van der Waals surface area contributed by atoms with Gasteiger partial charge in [-0.2, -0.15) is 0 Å². The monoisotopic (exact) mass is 272 g/mol. The molecule has 108 valence electrons. The Hall–Kier alpha value is -1.78. The highest BCUT2D eigenvalue weighted by Gasteiger charge is 2.31. The highest BCUT2D eigenvalue weighted by atomic mass is 14.7. The lowest BCUT2D eigenvalue weighted by Gasteiger charge is -2.34. The Morgan fingerprint density at radius 2 is 1.85 bits per heavy atom. The minimum absolute atomic E-state index is 0.213. The van der Waals surface area contributed by atoms with E-state index in [1.807, 2.05) is 13.8 Å². The molecule has 0 heterocycles. The maximum Gasteiger partial charge on any atom is 0.0583 e. The molecular weight excluding hydrogens is 248 g/mol. The van der Waals surface area contributed by atoms with E-state index in [1.165, 1.54) is 0 Å². The van der Waals surface area contributed by atoms with Crippen LogP contribution in [-0.4, -0.2) is 13.1 Å². The van der Waals surface area contributed by atoms with Gasteiger partial charge in [0.2, 0.25) is 0 Å². The summed E-state index contributed by atoms with van der Waals surface area (Å²) in [5.41, 5.74) is 29.3. The van der Waals surface area contributed by atoms with Crippen LogP contribution in [0.5, 0.6) is 0 Å². The van der Waals surface area contributed by atoms with Crippen LogP contribution in [0, 0.1) is 13.8 Å². The molecule has 20 heavy (non-hydrogen) atoms. The second-order valence-electron chi connectivity index (χ2n) is 5.57. The molecule has 0 radical (unpaired) electrons. The normalized spacial score (nSPS) is 21.9. The molecule has 1 aliphatic carbocycles. The molecule has 1 aromatic rings. The zero-order valence-corrected chi connectivity index (χ0v) is 12.2. The third-order valence-corrected chi connectivity index (χ3v) is 4.37. The SMILES string of the molecule is Cc1cc(C2(CN)C=CC(CN)=CC2)c(C)c(N)c1N. The Morgan fingerprint density at radius 1 is 1.15 bits per heavy atom. The topological polar surface area (TPSA) is 104 Å². The van der Waals surface area contributed by atoms with Crippen LogP contribution in [0.2, 0.25) is 0 Å². The van der Waals surface area contributed by atoms with E-state index in [9.17, 15) is 0 Å². The Balaban J connectivity index is 2.55. The van der Waals surface area contributed by atoms with Gasteiger partial charge in [-0.05, 0) is 42.5 Å². The zero-order chi connectivity index (χ0) is 14.9. The molecule has 0 amide bonds. The maximum absolute atomic E-state index is 6.13. The van der Waals surface area contributed by atoms with Gasteiger partial charge in [-0.15, -0.1) is 0 Å². The first kappa shape index (κ1) is 14.6. The molecule has 0 bridgehead atoms. The molecule has 0 aliphatic heterocycles. The summed E-state index contributed by atoms with van der Waals surface area (Å²) in [6.07, 6.45) is 7.23. The quantitative estimate of drug-likeness (QED) is 0.626. The molecule has 0 fully saturated rings. The molecule has 1 atom stereocenters. The first-order chi connectivity index (χ1) is 9.45. The second-order valence-corrected chi connectivity index (χ2v) is 5.57. The van der Waals surface area contributed by atoms with Crippen LogP contribution in [0.4, 0.5) is 11.4 Å². The van der Waals surface area contributed by atoms with Crippen LogP contribution in [0.3, 0.4) is 0 Å². The zero-order valence-electron chi connectivity index (χ0n) is 12.2. The summed E-state index contributed by atoms with van der Waals surface area (Å²) < 4.78 is 0. The summed E-state index contributed by atoms with van der Waals surface area (Å²) in [7, 11) is 0. The van der Waals surface area contributed by atoms with Crippen molar-refractivity contribution in [3.05, 3.63) is 46.6 Å². The summed E-state index contributed by atoms with van der Waals surface area (Å²) in [4.78, 5) is 0. The van der Waals surface area contributed by atoms with Crippen molar-refractivity contribution < 1.29 is 0 Å². The molecule has 0 saturated carbocycles. The van der Waals surface area contributed by atoms with Crippen molar-refractivity contribution in [2.24, 2.45) is 11.5 Å². The Morgan fingerprint density at radius 3 is 2.35 bits per heavy atom. The highest BCUT2D eigenvalue weighted by Crippen LogP contribution is 2.39. The van der Waals surface area contributed by atoms with E-state index in [-0.39, 0.29) is 5.41 Å². The van der Waals surface area contributed by atoms with Crippen LogP contribution >= 0.6 is 0 Å². The number of allylic oxidation sites excluding steroid dienone is 1. The molecule has 1 unspecified atom stereocenters. The van der Waals surface area contributed by atoms with Crippen molar-refractivity contribution >= 4 is 11.4 Å². The lowest BCUT2D eigenvalue weighted by molar-refractivity contribution is 0.543. The second kappa shape index (κ2) is 5.31. The van der Waals surface area contributed by atoms with Crippen LogP contribution in [0.25, 0.3) is 0 Å². The summed E-state index contributed by atoms with van der Waals surface area (Å²) >= 11 is 0. The molecule has 0 aromatic heterocycles. The van der Waals surface area contributed by atoms with Crippen molar-refractivity contribution in [3.63, 3.8) is 0 Å². The summed E-state index contributed by atoms with van der Waals surface area (Å²) in [5, 5.41) is 0. The molecular formula is C16H24N4. The van der Waals surface area contributed by atoms with Gasteiger partial charge in [-0.25, -0.2) is 0 Å². The highest BCUT2D eigenvalue weighted by molar-refractivity contribution is 5.73. The standard InChI is InChI=1S/C16H24N4/c1-10-7-13(11(2)15(20)14(10)19)16(9-18)5-3-12(8-17)4-6-16/h3-5,7H,6,8-9,17-20H2,1-2H3. The molecule has 1 aliphatic rings. The molecule has 4 heteroatoms. The van der Waals surface area contributed by atoms with E-state index in [1.54, 1.807) is 0 Å². The fraction of sp³-hybridized carbons (Fsp3) is 0.375. The largest absolute Gasteiger partial charge is 0.397 e. The van der Waals surface area contributed by atoms with Gasteiger partial charge < -0.3 is 22.9 Å². The van der Waals surface area contributed by atoms with Crippen molar-refractivity contribution in [3.8, 4) is 0 Å². The van der Waals surface area contributed by atoms with Crippen LogP contribution in [0.15, 0.2) is 29.9 Å². The van der Waals surface area contributed by atoms with E-state index in [4.69, 9.17) is 22.9 Å². The minimum atomic E-state index is -0.213. The predicted octanol–water partition coefficient (Wildman–Crippen LogP) is 1.51. The van der Waals surface area contributed by atoms with Gasteiger partial charge >= 0.3 is 0 Å². The Kier molecular flexibility index (Phi) is 3.88.